The first kappa shape index (κ1) is 16.3. The largest absolute Gasteiger partial charge is 0.393 e. The highest BCUT2D eigenvalue weighted by atomic mass is 35.5. The first-order valence-corrected chi connectivity index (χ1v) is 7.96. The molecule has 0 saturated heterocycles. The van der Waals surface area contributed by atoms with E-state index in [9.17, 15) is 9.90 Å². The standard InChI is InChI=1S/C15H24ClN3O2/c1-9(2)13-12(14(16)19(3)18-13)15(21)17-8-10-5-4-6-11(20)7-10/h9-11,20H,4-8H2,1-3H3,(H,17,21). The third-order valence-electron chi connectivity index (χ3n) is 4.08. The fourth-order valence-corrected chi connectivity index (χ4v) is 3.13. The van der Waals surface area contributed by atoms with Crippen LogP contribution in [0.1, 0.15) is 61.5 Å². The Morgan fingerprint density at radius 3 is 2.86 bits per heavy atom. The number of aromatic nitrogens is 2. The Balaban J connectivity index is 2.03. The number of rotatable bonds is 4. The van der Waals surface area contributed by atoms with Gasteiger partial charge in [-0.3, -0.25) is 9.48 Å². The Morgan fingerprint density at radius 1 is 1.52 bits per heavy atom. The molecule has 1 heterocycles. The van der Waals surface area contributed by atoms with Crippen LogP contribution in [-0.2, 0) is 7.05 Å². The maximum atomic E-state index is 12.4. The molecular weight excluding hydrogens is 290 g/mol. The molecule has 118 valence electrons. The van der Waals surface area contributed by atoms with Gasteiger partial charge in [0.15, 0.2) is 0 Å². The maximum Gasteiger partial charge on any atom is 0.256 e. The van der Waals surface area contributed by atoms with Crippen molar-refractivity contribution in [3.63, 3.8) is 0 Å². The molecule has 2 rings (SSSR count). The van der Waals surface area contributed by atoms with Crippen LogP contribution in [0.25, 0.3) is 0 Å². The molecule has 0 aliphatic heterocycles. The van der Waals surface area contributed by atoms with E-state index in [1.54, 1.807) is 7.05 Å². The van der Waals surface area contributed by atoms with E-state index in [1.165, 1.54) is 4.68 Å². The first-order chi connectivity index (χ1) is 9.90. The van der Waals surface area contributed by atoms with Crippen LogP contribution in [0, 0.1) is 5.92 Å². The molecule has 5 nitrogen and oxygen atoms in total. The smallest absolute Gasteiger partial charge is 0.256 e. The number of nitrogens with zero attached hydrogens (tertiary/aromatic N) is 2. The zero-order chi connectivity index (χ0) is 15.6. The van der Waals surface area contributed by atoms with Gasteiger partial charge in [0.05, 0.1) is 17.4 Å². The Labute approximate surface area is 130 Å². The van der Waals surface area contributed by atoms with Crippen molar-refractivity contribution < 1.29 is 9.90 Å². The van der Waals surface area contributed by atoms with E-state index in [4.69, 9.17) is 11.6 Å². The molecule has 0 radical (unpaired) electrons. The second kappa shape index (κ2) is 6.79. The Morgan fingerprint density at radius 2 is 2.24 bits per heavy atom. The quantitative estimate of drug-likeness (QED) is 0.897. The lowest BCUT2D eigenvalue weighted by atomic mass is 9.87. The lowest BCUT2D eigenvalue weighted by molar-refractivity contribution is 0.0873. The molecule has 2 atom stereocenters. The SMILES string of the molecule is CC(C)c1nn(C)c(Cl)c1C(=O)NCC1CCCC(O)C1. The highest BCUT2D eigenvalue weighted by molar-refractivity contribution is 6.33. The monoisotopic (exact) mass is 313 g/mol. The molecule has 1 saturated carbocycles. The van der Waals surface area contributed by atoms with Gasteiger partial charge in [-0.2, -0.15) is 5.10 Å². The van der Waals surface area contributed by atoms with Gasteiger partial charge in [-0.05, 0) is 31.1 Å². The minimum atomic E-state index is -0.228. The summed E-state index contributed by atoms with van der Waals surface area (Å²) in [4.78, 5) is 12.4. The number of aryl methyl sites for hydroxylation is 1. The van der Waals surface area contributed by atoms with Crippen molar-refractivity contribution in [1.29, 1.82) is 0 Å². The van der Waals surface area contributed by atoms with Gasteiger partial charge in [-0.25, -0.2) is 0 Å². The van der Waals surface area contributed by atoms with Crippen molar-refractivity contribution in [2.24, 2.45) is 13.0 Å². The molecule has 1 aliphatic carbocycles. The predicted octanol–water partition coefficient (Wildman–Crippen LogP) is 2.48. The van der Waals surface area contributed by atoms with Gasteiger partial charge in [-0.1, -0.05) is 31.9 Å². The van der Waals surface area contributed by atoms with Crippen LogP contribution in [0.4, 0.5) is 0 Å². The van der Waals surface area contributed by atoms with E-state index >= 15 is 0 Å². The summed E-state index contributed by atoms with van der Waals surface area (Å²) in [5.41, 5.74) is 1.20. The zero-order valence-electron chi connectivity index (χ0n) is 12.9. The molecule has 6 heteroatoms. The van der Waals surface area contributed by atoms with Crippen LogP contribution in [0.5, 0.6) is 0 Å². The minimum Gasteiger partial charge on any atom is -0.393 e. The van der Waals surface area contributed by atoms with Crippen LogP contribution >= 0.6 is 11.6 Å². The van der Waals surface area contributed by atoms with Crippen molar-refractivity contribution in [2.45, 2.75) is 51.6 Å². The highest BCUT2D eigenvalue weighted by Crippen LogP contribution is 2.26. The third-order valence-corrected chi connectivity index (χ3v) is 4.52. The van der Waals surface area contributed by atoms with E-state index in [2.05, 4.69) is 10.4 Å². The molecule has 2 unspecified atom stereocenters. The topological polar surface area (TPSA) is 67.2 Å². The van der Waals surface area contributed by atoms with E-state index < -0.39 is 0 Å². The van der Waals surface area contributed by atoms with Gasteiger partial charge in [0, 0.05) is 13.6 Å². The maximum absolute atomic E-state index is 12.4. The van der Waals surface area contributed by atoms with Crippen LogP contribution in [0.2, 0.25) is 5.15 Å². The fourth-order valence-electron chi connectivity index (χ4n) is 2.91. The summed E-state index contributed by atoms with van der Waals surface area (Å²) < 4.78 is 1.54. The lowest BCUT2D eigenvalue weighted by Gasteiger charge is -2.25. The van der Waals surface area contributed by atoms with E-state index in [1.807, 2.05) is 13.8 Å². The van der Waals surface area contributed by atoms with Crippen molar-refractivity contribution in [3.05, 3.63) is 16.4 Å². The number of nitrogens with one attached hydrogen (secondary N) is 1. The van der Waals surface area contributed by atoms with Crippen molar-refractivity contribution in [1.82, 2.24) is 15.1 Å². The number of hydrogen-bond donors (Lipinski definition) is 2. The molecule has 0 bridgehead atoms. The number of carbonyl (C=O) groups is 1. The molecule has 0 aromatic carbocycles. The van der Waals surface area contributed by atoms with E-state index in [0.717, 1.165) is 31.4 Å². The molecule has 1 aromatic heterocycles. The van der Waals surface area contributed by atoms with Gasteiger partial charge in [0.1, 0.15) is 5.15 Å². The second-order valence-electron chi connectivity index (χ2n) is 6.23. The average molecular weight is 314 g/mol. The summed E-state index contributed by atoms with van der Waals surface area (Å²) in [5.74, 6) is 0.313. The zero-order valence-corrected chi connectivity index (χ0v) is 13.7. The second-order valence-corrected chi connectivity index (χ2v) is 6.58. The summed E-state index contributed by atoms with van der Waals surface area (Å²) >= 11 is 6.20. The Kier molecular flexibility index (Phi) is 5.27. The normalized spacial score (nSPS) is 22.6. The van der Waals surface area contributed by atoms with Crippen LogP contribution < -0.4 is 5.32 Å². The summed E-state index contributed by atoms with van der Waals surface area (Å²) in [6.45, 7) is 4.57. The molecule has 1 aromatic rings. The van der Waals surface area contributed by atoms with Gasteiger partial charge in [0.2, 0.25) is 0 Å². The molecule has 1 aliphatic rings. The Hall–Kier alpha value is -1.07. The number of aliphatic hydroxyl groups is 1. The van der Waals surface area contributed by atoms with Gasteiger partial charge < -0.3 is 10.4 Å². The number of amides is 1. The fraction of sp³-hybridized carbons (Fsp3) is 0.733. The van der Waals surface area contributed by atoms with Gasteiger partial charge in [-0.15, -0.1) is 0 Å². The summed E-state index contributed by atoms with van der Waals surface area (Å²) in [7, 11) is 1.74. The Bertz CT molecular complexity index is 513. The number of carbonyl (C=O) groups excluding carboxylic acids is 1. The molecule has 0 spiro atoms. The average Bonchev–Trinajstić information content (AvgIpc) is 2.73. The number of aliphatic hydroxyl groups excluding tert-OH is 1. The number of hydrogen-bond acceptors (Lipinski definition) is 3. The molecule has 1 fully saturated rings. The van der Waals surface area contributed by atoms with Crippen LogP contribution in [0.3, 0.4) is 0 Å². The molecule has 21 heavy (non-hydrogen) atoms. The van der Waals surface area contributed by atoms with Gasteiger partial charge in [0.25, 0.3) is 5.91 Å². The predicted molar refractivity (Wildman–Crippen MR) is 82.6 cm³/mol. The summed E-state index contributed by atoms with van der Waals surface area (Å²) in [6.07, 6.45) is 3.48. The van der Waals surface area contributed by atoms with E-state index in [0.29, 0.717) is 23.2 Å². The van der Waals surface area contributed by atoms with Crippen LogP contribution in [-0.4, -0.2) is 33.4 Å². The number of halogens is 1. The summed E-state index contributed by atoms with van der Waals surface area (Å²) in [6, 6.07) is 0. The third kappa shape index (κ3) is 3.77. The van der Waals surface area contributed by atoms with Gasteiger partial charge >= 0.3 is 0 Å². The highest BCUT2D eigenvalue weighted by Gasteiger charge is 2.25. The first-order valence-electron chi connectivity index (χ1n) is 7.58. The molecular formula is C15H24ClN3O2. The van der Waals surface area contributed by atoms with Crippen LogP contribution in [0.15, 0.2) is 0 Å². The molecule has 1 amide bonds. The summed E-state index contributed by atoms with van der Waals surface area (Å²) in [5, 5.41) is 17.3. The minimum absolute atomic E-state index is 0.140. The van der Waals surface area contributed by atoms with Crippen molar-refractivity contribution >= 4 is 17.5 Å². The van der Waals surface area contributed by atoms with E-state index in [-0.39, 0.29) is 17.9 Å². The van der Waals surface area contributed by atoms with Crippen molar-refractivity contribution in [3.8, 4) is 0 Å². The lowest BCUT2D eigenvalue weighted by Crippen LogP contribution is -2.33. The van der Waals surface area contributed by atoms with Crippen molar-refractivity contribution in [2.75, 3.05) is 6.54 Å². The molecule has 2 N–H and O–H groups in total.